The van der Waals surface area contributed by atoms with Crippen LogP contribution in [0.25, 0.3) is 0 Å². The monoisotopic (exact) mass is 1370 g/mol. The van der Waals surface area contributed by atoms with Gasteiger partial charge in [0.05, 0.1) is 0 Å². The number of nitrogens with one attached hydrogen (secondary N) is 6. The molecule has 0 aromatic carbocycles. The van der Waals surface area contributed by atoms with Crippen molar-refractivity contribution in [2.75, 3.05) is 105 Å². The Kier molecular flexibility index (Phi) is 76.6. The van der Waals surface area contributed by atoms with Crippen molar-refractivity contribution in [2.24, 2.45) is 0 Å². The molecule has 0 aliphatic heterocycles. The fraction of sp³-hybridized carbons (Fsp3) is 0.940. The molecule has 14 nitrogen and oxygen atoms in total. The van der Waals surface area contributed by atoms with E-state index in [0.29, 0.717) is 104 Å². The molecule has 0 saturated heterocycles. The predicted molar refractivity (Wildman–Crippen MR) is 419 cm³/mol. The minimum Gasteiger partial charge on any atom is -0.356 e. The van der Waals surface area contributed by atoms with Crippen LogP contribution < -0.4 is 31.9 Å². The number of nitrogens with zero attached hydrogens (tertiary/aromatic N) is 3. The van der Waals surface area contributed by atoms with Gasteiger partial charge in [-0.2, -0.15) is 0 Å². The van der Waals surface area contributed by atoms with E-state index in [1.807, 2.05) is 0 Å². The molecule has 0 aromatic heterocycles. The Bertz CT molecular complexity index is 1630. The fourth-order valence-corrected chi connectivity index (χ4v) is 13.2. The van der Waals surface area contributed by atoms with Crippen LogP contribution in [0.15, 0.2) is 0 Å². The molecule has 0 heterocycles. The Morgan fingerprint density at radius 2 is 0.320 bits per heavy atom. The highest BCUT2D eigenvalue weighted by molar-refractivity contribution is 5.77. The first-order chi connectivity index (χ1) is 47.7. The van der Waals surface area contributed by atoms with Gasteiger partial charge in [0.1, 0.15) is 0 Å². The van der Waals surface area contributed by atoms with Crippen LogP contribution in [0, 0.1) is 0 Å². The SMILES string of the molecule is CCCCCCCCCCCCCCNC(=O)CCN(CCNCCN(CCC(=O)NCCCCCCCCCCCC)CCN(CCC(=O)NCCCCCCCCCCCC)CCC(=O)NCCCCCCCCCCCC)CCC(=O)NCCCCCCCCCCCC. The van der Waals surface area contributed by atoms with Crippen LogP contribution in [0.2, 0.25) is 0 Å². The third-order valence-corrected chi connectivity index (χ3v) is 20.0. The molecule has 97 heavy (non-hydrogen) atoms. The van der Waals surface area contributed by atoms with Gasteiger partial charge in [-0.3, -0.25) is 24.0 Å². The molecular weight excluding hydrogens is 1200 g/mol. The van der Waals surface area contributed by atoms with Crippen LogP contribution in [0.4, 0.5) is 0 Å². The van der Waals surface area contributed by atoms with Crippen molar-refractivity contribution in [1.82, 2.24) is 46.6 Å². The van der Waals surface area contributed by atoms with Crippen LogP contribution in [-0.2, 0) is 24.0 Å². The van der Waals surface area contributed by atoms with Crippen molar-refractivity contribution < 1.29 is 24.0 Å². The van der Waals surface area contributed by atoms with Crippen LogP contribution in [0.3, 0.4) is 0 Å². The first-order valence-electron chi connectivity index (χ1n) is 42.9. The van der Waals surface area contributed by atoms with Gasteiger partial charge in [0.15, 0.2) is 0 Å². The van der Waals surface area contributed by atoms with Gasteiger partial charge >= 0.3 is 0 Å². The van der Waals surface area contributed by atoms with E-state index in [9.17, 15) is 24.0 Å². The standard InChI is InChI=1S/C83H167N9O5/c1-6-11-16-21-26-31-36-37-42-47-52-54-64-86-80(94)59-71-90(70-58-79(93)85-63-53-48-43-38-32-27-22-17-12-7-2)75-68-84-69-76-92(74-62-83(97)89-67-57-51-46-41-35-30-25-20-15-10-5)78-77-91(72-60-81(95)87-65-55-49-44-39-33-28-23-18-13-8-3)73-61-82(96)88-66-56-50-45-40-34-29-24-19-14-9-4/h84H,6-78H2,1-5H3,(H,85,93)(H,86,94)(H,87,95)(H,88,96)(H,89,97). The molecule has 6 N–H and O–H groups in total. The Hall–Kier alpha value is -2.81. The van der Waals surface area contributed by atoms with Crippen LogP contribution in [0.1, 0.15) is 401 Å². The van der Waals surface area contributed by atoms with Gasteiger partial charge < -0.3 is 46.6 Å². The smallest absolute Gasteiger partial charge is 0.221 e. The zero-order chi connectivity index (χ0) is 70.5. The van der Waals surface area contributed by atoms with Crippen molar-refractivity contribution in [1.29, 1.82) is 0 Å². The second-order valence-electron chi connectivity index (χ2n) is 29.4. The maximum Gasteiger partial charge on any atom is 0.221 e. The highest BCUT2D eigenvalue weighted by Gasteiger charge is 2.16. The van der Waals surface area contributed by atoms with Gasteiger partial charge in [-0.05, 0) is 32.1 Å². The summed E-state index contributed by atoms with van der Waals surface area (Å²) in [5.41, 5.74) is 0. The van der Waals surface area contributed by atoms with Crippen molar-refractivity contribution >= 4 is 29.5 Å². The molecule has 0 spiro atoms. The van der Waals surface area contributed by atoms with Crippen molar-refractivity contribution in [2.45, 2.75) is 401 Å². The van der Waals surface area contributed by atoms with Crippen LogP contribution in [0.5, 0.6) is 0 Å². The second-order valence-corrected chi connectivity index (χ2v) is 29.4. The van der Waals surface area contributed by atoms with Gasteiger partial charge in [-0.25, -0.2) is 0 Å². The third-order valence-electron chi connectivity index (χ3n) is 20.0. The van der Waals surface area contributed by atoms with E-state index in [0.717, 1.165) is 96.9 Å². The third kappa shape index (κ3) is 74.2. The zero-order valence-corrected chi connectivity index (χ0v) is 65.5. The van der Waals surface area contributed by atoms with Crippen molar-refractivity contribution in [3.63, 3.8) is 0 Å². The lowest BCUT2D eigenvalue weighted by Gasteiger charge is -2.28. The highest BCUT2D eigenvalue weighted by atomic mass is 16.2. The summed E-state index contributed by atoms with van der Waals surface area (Å²) in [6, 6.07) is 0. The average Bonchev–Trinajstić information content (AvgIpc) is 3.72. The maximum absolute atomic E-state index is 13.4. The molecule has 0 saturated carbocycles. The quantitative estimate of drug-likeness (QED) is 0.0325. The van der Waals surface area contributed by atoms with E-state index in [1.54, 1.807) is 0 Å². The summed E-state index contributed by atoms with van der Waals surface area (Å²) in [4.78, 5) is 73.4. The Morgan fingerprint density at radius 1 is 0.175 bits per heavy atom. The largest absolute Gasteiger partial charge is 0.356 e. The number of carbonyl (C=O) groups is 5. The molecule has 0 bridgehead atoms. The van der Waals surface area contributed by atoms with E-state index >= 15 is 0 Å². The van der Waals surface area contributed by atoms with Gasteiger partial charge in [-0.15, -0.1) is 0 Å². The molecule has 0 atom stereocenters. The summed E-state index contributed by atoms with van der Waals surface area (Å²) >= 11 is 0. The first kappa shape index (κ1) is 94.2. The van der Waals surface area contributed by atoms with Gasteiger partial charge in [0, 0.05) is 137 Å². The molecular formula is C83H167N9O5. The van der Waals surface area contributed by atoms with E-state index in [-0.39, 0.29) is 29.5 Å². The molecule has 0 aliphatic rings. The molecule has 14 heteroatoms. The summed E-state index contributed by atoms with van der Waals surface area (Å²) in [6.45, 7) is 22.2. The average molecular weight is 1370 g/mol. The van der Waals surface area contributed by atoms with Gasteiger partial charge in [-0.1, -0.05) is 336 Å². The number of rotatable bonds is 81. The van der Waals surface area contributed by atoms with Gasteiger partial charge in [0.25, 0.3) is 0 Å². The van der Waals surface area contributed by atoms with E-state index in [4.69, 9.17) is 0 Å². The Balaban J connectivity index is 5.83. The number of amides is 5. The lowest BCUT2D eigenvalue weighted by molar-refractivity contribution is -0.123. The molecule has 0 unspecified atom stereocenters. The molecule has 0 fully saturated rings. The molecule has 0 radical (unpaired) electrons. The number of hydrogen-bond acceptors (Lipinski definition) is 9. The summed E-state index contributed by atoms with van der Waals surface area (Å²) in [7, 11) is 0. The van der Waals surface area contributed by atoms with Crippen LogP contribution >= 0.6 is 0 Å². The molecule has 0 rings (SSSR count). The Labute approximate surface area is 602 Å². The number of unbranched alkanes of at least 4 members (excludes halogenated alkanes) is 47. The van der Waals surface area contributed by atoms with Crippen molar-refractivity contribution in [3.8, 4) is 0 Å². The number of carbonyl (C=O) groups excluding carboxylic acids is 5. The highest BCUT2D eigenvalue weighted by Crippen LogP contribution is 2.16. The minimum absolute atomic E-state index is 0.0703. The summed E-state index contributed by atoms with van der Waals surface area (Å²) in [6.07, 6.45) is 68.1. The summed E-state index contributed by atoms with van der Waals surface area (Å²) in [5, 5.41) is 19.7. The molecule has 0 aliphatic carbocycles. The van der Waals surface area contributed by atoms with E-state index in [1.165, 1.54) is 270 Å². The first-order valence-corrected chi connectivity index (χ1v) is 42.9. The fourth-order valence-electron chi connectivity index (χ4n) is 13.2. The lowest BCUT2D eigenvalue weighted by Crippen LogP contribution is -2.43. The number of hydrogen-bond donors (Lipinski definition) is 6. The van der Waals surface area contributed by atoms with Crippen molar-refractivity contribution in [3.05, 3.63) is 0 Å². The Morgan fingerprint density at radius 3 is 0.495 bits per heavy atom. The zero-order valence-electron chi connectivity index (χ0n) is 65.5. The topological polar surface area (TPSA) is 167 Å². The lowest BCUT2D eigenvalue weighted by atomic mass is 10.1. The molecule has 0 aromatic rings. The summed E-state index contributed by atoms with van der Waals surface area (Å²) in [5.74, 6) is 0.392. The van der Waals surface area contributed by atoms with E-state index in [2.05, 4.69) is 81.2 Å². The molecule has 574 valence electrons. The normalized spacial score (nSPS) is 11.6. The van der Waals surface area contributed by atoms with E-state index < -0.39 is 0 Å². The summed E-state index contributed by atoms with van der Waals surface area (Å²) < 4.78 is 0. The van der Waals surface area contributed by atoms with Crippen LogP contribution in [-0.4, -0.2) is 149 Å². The minimum atomic E-state index is 0.0703. The maximum atomic E-state index is 13.4. The van der Waals surface area contributed by atoms with Gasteiger partial charge in [0.2, 0.25) is 29.5 Å². The predicted octanol–water partition coefficient (Wildman–Crippen LogP) is 19.4. The molecule has 5 amide bonds. The second kappa shape index (κ2) is 78.9.